The Morgan fingerprint density at radius 1 is 1.62 bits per heavy atom. The molecule has 0 unspecified atom stereocenters. The average Bonchev–Trinajstić information content (AvgIpc) is 2.05. The summed E-state index contributed by atoms with van der Waals surface area (Å²) >= 11 is 5.48. The fourth-order valence-electron chi connectivity index (χ4n) is 0.590. The van der Waals surface area contributed by atoms with Crippen molar-refractivity contribution in [2.75, 3.05) is 6.61 Å². The van der Waals surface area contributed by atoms with Gasteiger partial charge in [-0.3, -0.25) is 10.1 Å². The third-order valence-electron chi connectivity index (χ3n) is 1.02. The molecule has 0 radical (unpaired) electrons. The first kappa shape index (κ1) is 11.9. The molecule has 0 aromatic heterocycles. The Labute approximate surface area is 80.9 Å². The van der Waals surface area contributed by atoms with Gasteiger partial charge in [0.2, 0.25) is 0 Å². The van der Waals surface area contributed by atoms with E-state index in [-0.39, 0.29) is 12.3 Å². The Hall–Kier alpha value is -1.13. The SMILES string of the molecule is CCO.O=[N+]([O-])c1cccc(Cl)c1. The average molecular weight is 204 g/mol. The van der Waals surface area contributed by atoms with E-state index in [0.717, 1.165) is 0 Å². The summed E-state index contributed by atoms with van der Waals surface area (Å²) in [6.45, 7) is 1.93. The quantitative estimate of drug-likeness (QED) is 0.563. The number of halogens is 1. The molecular weight excluding hydrogens is 194 g/mol. The molecule has 0 fully saturated rings. The normalized spacial score (nSPS) is 8.54. The van der Waals surface area contributed by atoms with Crippen molar-refractivity contribution in [1.29, 1.82) is 0 Å². The molecule has 0 spiro atoms. The van der Waals surface area contributed by atoms with Crippen LogP contribution in [0.25, 0.3) is 0 Å². The van der Waals surface area contributed by atoms with E-state index in [1.165, 1.54) is 12.1 Å². The molecular formula is C8H10ClNO3. The van der Waals surface area contributed by atoms with Gasteiger partial charge in [0.05, 0.1) is 4.92 Å². The van der Waals surface area contributed by atoms with Crippen LogP contribution in [0, 0.1) is 10.1 Å². The third kappa shape index (κ3) is 5.16. The van der Waals surface area contributed by atoms with Gasteiger partial charge >= 0.3 is 0 Å². The minimum absolute atomic E-state index is 0.0208. The van der Waals surface area contributed by atoms with E-state index in [1.54, 1.807) is 19.1 Å². The van der Waals surface area contributed by atoms with E-state index in [0.29, 0.717) is 5.02 Å². The first-order valence-electron chi connectivity index (χ1n) is 3.62. The Morgan fingerprint density at radius 3 is 2.46 bits per heavy atom. The van der Waals surface area contributed by atoms with Gasteiger partial charge < -0.3 is 5.11 Å². The van der Waals surface area contributed by atoms with Gasteiger partial charge in [0.1, 0.15) is 0 Å². The Balaban J connectivity index is 0.000000424. The monoisotopic (exact) mass is 203 g/mol. The molecule has 5 heteroatoms. The van der Waals surface area contributed by atoms with Crippen molar-refractivity contribution < 1.29 is 10.0 Å². The van der Waals surface area contributed by atoms with Gasteiger partial charge in [0, 0.05) is 23.8 Å². The molecule has 13 heavy (non-hydrogen) atoms. The van der Waals surface area contributed by atoms with Crippen LogP contribution in [0.4, 0.5) is 5.69 Å². The molecule has 0 heterocycles. The van der Waals surface area contributed by atoms with Crippen LogP contribution >= 0.6 is 11.6 Å². The summed E-state index contributed by atoms with van der Waals surface area (Å²) in [5, 5.41) is 18.1. The van der Waals surface area contributed by atoms with Crippen LogP contribution < -0.4 is 0 Å². The fourth-order valence-corrected chi connectivity index (χ4v) is 0.774. The molecule has 0 saturated heterocycles. The predicted molar refractivity (Wildman–Crippen MR) is 50.9 cm³/mol. The van der Waals surface area contributed by atoms with Crippen LogP contribution in [0.15, 0.2) is 24.3 Å². The van der Waals surface area contributed by atoms with Gasteiger partial charge in [-0.15, -0.1) is 0 Å². The Kier molecular flexibility index (Phi) is 5.84. The maximum atomic E-state index is 10.1. The highest BCUT2D eigenvalue weighted by Gasteiger charge is 2.02. The van der Waals surface area contributed by atoms with Crippen LogP contribution in [-0.2, 0) is 0 Å². The molecule has 4 nitrogen and oxygen atoms in total. The number of aliphatic hydroxyl groups excluding tert-OH is 1. The molecule has 1 N–H and O–H groups in total. The van der Waals surface area contributed by atoms with Crippen molar-refractivity contribution in [3.8, 4) is 0 Å². The van der Waals surface area contributed by atoms with Crippen LogP contribution in [-0.4, -0.2) is 16.6 Å². The highest BCUT2D eigenvalue weighted by Crippen LogP contribution is 2.16. The summed E-state index contributed by atoms with van der Waals surface area (Å²) in [6.07, 6.45) is 0. The first-order chi connectivity index (χ1) is 6.11. The smallest absolute Gasteiger partial charge is 0.270 e. The van der Waals surface area contributed by atoms with Gasteiger partial charge in [-0.2, -0.15) is 0 Å². The minimum Gasteiger partial charge on any atom is -0.397 e. The summed E-state index contributed by atoms with van der Waals surface area (Å²) in [6, 6.07) is 5.84. The summed E-state index contributed by atoms with van der Waals surface area (Å²) in [4.78, 5) is 9.62. The molecule has 0 aliphatic carbocycles. The molecule has 0 saturated carbocycles. The molecule has 0 atom stereocenters. The number of hydrogen-bond donors (Lipinski definition) is 1. The van der Waals surface area contributed by atoms with Gasteiger partial charge in [0.15, 0.2) is 0 Å². The second kappa shape index (κ2) is 6.39. The summed E-state index contributed by atoms with van der Waals surface area (Å²) < 4.78 is 0. The predicted octanol–water partition coefficient (Wildman–Crippen LogP) is 2.25. The van der Waals surface area contributed by atoms with Gasteiger partial charge in [-0.05, 0) is 13.0 Å². The molecule has 0 aliphatic rings. The van der Waals surface area contributed by atoms with E-state index in [4.69, 9.17) is 16.7 Å². The summed E-state index contributed by atoms with van der Waals surface area (Å²) in [5.74, 6) is 0. The van der Waals surface area contributed by atoms with Crippen molar-refractivity contribution >= 4 is 17.3 Å². The van der Waals surface area contributed by atoms with Crippen molar-refractivity contribution in [1.82, 2.24) is 0 Å². The zero-order valence-electron chi connectivity index (χ0n) is 7.11. The maximum absolute atomic E-state index is 10.1. The molecule has 72 valence electrons. The van der Waals surface area contributed by atoms with Gasteiger partial charge in [0.25, 0.3) is 5.69 Å². The Bertz CT molecular complexity index is 278. The number of hydrogen-bond acceptors (Lipinski definition) is 3. The number of nitro benzene ring substituents is 1. The van der Waals surface area contributed by atoms with Crippen LogP contribution in [0.2, 0.25) is 5.02 Å². The molecule has 0 bridgehead atoms. The first-order valence-corrected chi connectivity index (χ1v) is 4.00. The molecule has 1 aromatic carbocycles. The largest absolute Gasteiger partial charge is 0.397 e. The van der Waals surface area contributed by atoms with Crippen LogP contribution in [0.5, 0.6) is 0 Å². The minimum atomic E-state index is -0.480. The van der Waals surface area contributed by atoms with E-state index < -0.39 is 4.92 Å². The lowest BCUT2D eigenvalue weighted by Crippen LogP contribution is -1.85. The van der Waals surface area contributed by atoms with E-state index in [9.17, 15) is 10.1 Å². The Morgan fingerprint density at radius 2 is 2.15 bits per heavy atom. The standard InChI is InChI=1S/C6H4ClNO2.C2H6O/c7-5-2-1-3-6(4-5)8(9)10;1-2-3/h1-4H;3H,2H2,1H3. The highest BCUT2D eigenvalue weighted by atomic mass is 35.5. The molecule has 0 amide bonds. The van der Waals surface area contributed by atoms with Crippen LogP contribution in [0.1, 0.15) is 6.92 Å². The van der Waals surface area contributed by atoms with Crippen molar-refractivity contribution in [3.05, 3.63) is 39.4 Å². The second-order valence-corrected chi connectivity index (χ2v) is 2.49. The number of benzene rings is 1. The number of non-ortho nitro benzene ring substituents is 1. The molecule has 1 aromatic rings. The number of rotatable bonds is 1. The van der Waals surface area contributed by atoms with Crippen molar-refractivity contribution in [2.24, 2.45) is 0 Å². The molecule has 1 rings (SSSR count). The third-order valence-corrected chi connectivity index (χ3v) is 1.25. The van der Waals surface area contributed by atoms with Gasteiger partial charge in [-0.1, -0.05) is 17.7 Å². The lowest BCUT2D eigenvalue weighted by atomic mass is 10.3. The number of aliphatic hydroxyl groups is 1. The zero-order chi connectivity index (χ0) is 10.3. The topological polar surface area (TPSA) is 63.4 Å². The molecule has 0 aliphatic heterocycles. The van der Waals surface area contributed by atoms with Crippen molar-refractivity contribution in [3.63, 3.8) is 0 Å². The number of nitro groups is 1. The lowest BCUT2D eigenvalue weighted by Gasteiger charge is -1.89. The summed E-state index contributed by atoms with van der Waals surface area (Å²) in [5.41, 5.74) is 0.0208. The van der Waals surface area contributed by atoms with E-state index in [2.05, 4.69) is 0 Å². The lowest BCUT2D eigenvalue weighted by molar-refractivity contribution is -0.384. The fraction of sp³-hybridized carbons (Fsp3) is 0.250. The maximum Gasteiger partial charge on any atom is 0.270 e. The zero-order valence-corrected chi connectivity index (χ0v) is 7.86. The second-order valence-electron chi connectivity index (χ2n) is 2.05. The van der Waals surface area contributed by atoms with Crippen LogP contribution in [0.3, 0.4) is 0 Å². The van der Waals surface area contributed by atoms with Crippen molar-refractivity contribution in [2.45, 2.75) is 6.92 Å². The highest BCUT2D eigenvalue weighted by molar-refractivity contribution is 6.30. The van der Waals surface area contributed by atoms with Gasteiger partial charge in [-0.25, -0.2) is 0 Å². The number of nitrogens with zero attached hydrogens (tertiary/aromatic N) is 1. The van der Waals surface area contributed by atoms with E-state index >= 15 is 0 Å². The van der Waals surface area contributed by atoms with E-state index in [1.807, 2.05) is 0 Å². The summed E-state index contributed by atoms with van der Waals surface area (Å²) in [7, 11) is 0.